The van der Waals surface area contributed by atoms with Gasteiger partial charge in [-0.25, -0.2) is 13.2 Å². The normalized spacial score (nSPS) is 12.5. The maximum absolute atomic E-state index is 14.3. The zero-order valence-corrected chi connectivity index (χ0v) is 12.7. The van der Waals surface area contributed by atoms with Crippen molar-refractivity contribution in [3.8, 4) is 11.3 Å². The molecule has 2 N–H and O–H groups in total. The van der Waals surface area contributed by atoms with Crippen molar-refractivity contribution in [2.75, 3.05) is 0 Å². The molecule has 0 aliphatic carbocycles. The number of hydrogen-bond donors (Lipinski definition) is 2. The summed E-state index contributed by atoms with van der Waals surface area (Å²) in [7, 11) is 0. The van der Waals surface area contributed by atoms with E-state index in [2.05, 4.69) is 4.98 Å². The highest BCUT2D eigenvalue weighted by molar-refractivity contribution is 5.92. The van der Waals surface area contributed by atoms with Crippen LogP contribution in [0.4, 0.5) is 13.2 Å². The van der Waals surface area contributed by atoms with Crippen molar-refractivity contribution in [2.45, 2.75) is 19.3 Å². The lowest BCUT2D eigenvalue weighted by molar-refractivity contribution is -0.137. The first-order valence-corrected chi connectivity index (χ1v) is 7.35. The van der Waals surface area contributed by atoms with Gasteiger partial charge in [-0.3, -0.25) is 4.79 Å². The van der Waals surface area contributed by atoms with Crippen molar-refractivity contribution in [3.63, 3.8) is 0 Å². The summed E-state index contributed by atoms with van der Waals surface area (Å²) in [5, 5.41) is 9.08. The van der Waals surface area contributed by atoms with Gasteiger partial charge >= 0.3 is 5.97 Å². The predicted molar refractivity (Wildman–Crippen MR) is 84.3 cm³/mol. The monoisotopic (exact) mass is 333 g/mol. The van der Waals surface area contributed by atoms with Crippen LogP contribution in [0.5, 0.6) is 0 Å². The molecule has 0 saturated heterocycles. The Hall–Kier alpha value is -2.76. The van der Waals surface area contributed by atoms with Gasteiger partial charge < -0.3 is 10.1 Å². The number of hydrogen-bond acceptors (Lipinski definition) is 1. The molecule has 1 atom stereocenters. The van der Waals surface area contributed by atoms with E-state index in [9.17, 15) is 18.0 Å². The Kier molecular flexibility index (Phi) is 4.05. The van der Waals surface area contributed by atoms with Crippen molar-refractivity contribution in [1.29, 1.82) is 0 Å². The molecule has 1 unspecified atom stereocenters. The van der Waals surface area contributed by atoms with Gasteiger partial charge in [-0.05, 0) is 53.4 Å². The Bertz CT molecular complexity index is 916. The average molecular weight is 333 g/mol. The Morgan fingerprint density at radius 2 is 1.71 bits per heavy atom. The molecule has 124 valence electrons. The second-order valence-corrected chi connectivity index (χ2v) is 5.70. The summed E-state index contributed by atoms with van der Waals surface area (Å²) >= 11 is 0. The summed E-state index contributed by atoms with van der Waals surface area (Å²) in [6.07, 6.45) is -0.239. The van der Waals surface area contributed by atoms with E-state index in [4.69, 9.17) is 5.11 Å². The molecule has 1 heterocycles. The average Bonchev–Trinajstić information content (AvgIpc) is 2.93. The highest BCUT2D eigenvalue weighted by Gasteiger charge is 2.24. The highest BCUT2D eigenvalue weighted by Crippen LogP contribution is 2.39. The van der Waals surface area contributed by atoms with E-state index in [1.165, 1.54) is 24.3 Å². The van der Waals surface area contributed by atoms with Crippen LogP contribution >= 0.6 is 0 Å². The molecule has 6 heteroatoms. The molecule has 0 spiro atoms. The van der Waals surface area contributed by atoms with E-state index >= 15 is 0 Å². The molecule has 0 bridgehead atoms. The van der Waals surface area contributed by atoms with Gasteiger partial charge in [0.25, 0.3) is 0 Å². The van der Waals surface area contributed by atoms with Crippen LogP contribution in [0.2, 0.25) is 0 Å². The van der Waals surface area contributed by atoms with Crippen LogP contribution in [0.15, 0.2) is 36.4 Å². The lowest BCUT2D eigenvalue weighted by Gasteiger charge is -2.12. The molecule has 0 radical (unpaired) electrons. The molecule has 3 rings (SSSR count). The number of aromatic amines is 1. The zero-order chi connectivity index (χ0) is 17.4. The van der Waals surface area contributed by atoms with Crippen molar-refractivity contribution >= 4 is 16.9 Å². The molecule has 0 fully saturated rings. The van der Waals surface area contributed by atoms with Gasteiger partial charge in [-0.15, -0.1) is 0 Å². The van der Waals surface area contributed by atoms with Crippen LogP contribution in [0.25, 0.3) is 22.2 Å². The van der Waals surface area contributed by atoms with Crippen LogP contribution in [0.1, 0.15) is 24.8 Å². The van der Waals surface area contributed by atoms with E-state index in [0.29, 0.717) is 16.8 Å². The van der Waals surface area contributed by atoms with E-state index in [1.807, 2.05) is 0 Å². The lowest BCUT2D eigenvalue weighted by atomic mass is 9.92. The Balaban J connectivity index is 2.31. The third kappa shape index (κ3) is 2.75. The van der Waals surface area contributed by atoms with Gasteiger partial charge in [0.05, 0.1) is 17.6 Å². The molecule has 3 aromatic rings. The fourth-order valence-corrected chi connectivity index (χ4v) is 2.96. The van der Waals surface area contributed by atoms with E-state index < -0.39 is 29.3 Å². The minimum Gasteiger partial charge on any atom is -0.481 e. The number of fused-ring (bicyclic) bond motifs is 1. The number of carboxylic acids is 1. The van der Waals surface area contributed by atoms with Crippen molar-refractivity contribution < 1.29 is 23.1 Å². The van der Waals surface area contributed by atoms with E-state index in [-0.39, 0.29) is 17.3 Å². The van der Waals surface area contributed by atoms with Crippen LogP contribution in [-0.4, -0.2) is 16.1 Å². The lowest BCUT2D eigenvalue weighted by Crippen LogP contribution is -2.04. The predicted octanol–water partition coefficient (Wildman–Crippen LogP) is 4.83. The first-order chi connectivity index (χ1) is 11.4. The van der Waals surface area contributed by atoms with Gasteiger partial charge in [0.2, 0.25) is 0 Å². The first-order valence-electron chi connectivity index (χ1n) is 7.35. The summed E-state index contributed by atoms with van der Waals surface area (Å²) in [6.45, 7) is 1.63. The topological polar surface area (TPSA) is 53.1 Å². The van der Waals surface area contributed by atoms with Crippen LogP contribution in [0.3, 0.4) is 0 Å². The van der Waals surface area contributed by atoms with Gasteiger partial charge in [0, 0.05) is 5.39 Å². The summed E-state index contributed by atoms with van der Waals surface area (Å²) in [6, 6.07) is 7.45. The van der Waals surface area contributed by atoms with Crippen molar-refractivity contribution in [3.05, 3.63) is 59.4 Å². The number of carbonyl (C=O) groups is 1. The number of benzene rings is 2. The molecule has 2 aromatic carbocycles. The molecule has 0 saturated carbocycles. The van der Waals surface area contributed by atoms with Crippen LogP contribution in [0, 0.1) is 17.5 Å². The smallest absolute Gasteiger partial charge is 0.303 e. The standard InChI is InChI=1S/C18H14F3NO2/c1-9(8-14(23)24)15-16-12(20)6-7-13(21)18(16)22-17(15)10-2-4-11(19)5-3-10/h2-7,9,22H,8H2,1H3,(H,23,24). The Morgan fingerprint density at radius 3 is 2.33 bits per heavy atom. The quantitative estimate of drug-likeness (QED) is 0.718. The minimum atomic E-state index is -1.04. The second kappa shape index (κ2) is 6.03. The SMILES string of the molecule is CC(CC(=O)O)c1c(-c2ccc(F)cc2)[nH]c2c(F)ccc(F)c12. The summed E-state index contributed by atoms with van der Waals surface area (Å²) < 4.78 is 41.6. The largest absolute Gasteiger partial charge is 0.481 e. The van der Waals surface area contributed by atoms with E-state index in [0.717, 1.165) is 12.1 Å². The number of nitrogens with one attached hydrogen (secondary N) is 1. The molecule has 0 aliphatic heterocycles. The van der Waals surface area contributed by atoms with Crippen LogP contribution in [-0.2, 0) is 4.79 Å². The number of rotatable bonds is 4. The highest BCUT2D eigenvalue weighted by atomic mass is 19.1. The minimum absolute atomic E-state index is 0.0263. The number of aromatic nitrogens is 1. The fourth-order valence-electron chi connectivity index (χ4n) is 2.96. The third-order valence-electron chi connectivity index (χ3n) is 4.00. The van der Waals surface area contributed by atoms with Gasteiger partial charge in [-0.1, -0.05) is 6.92 Å². The fraction of sp³-hybridized carbons (Fsp3) is 0.167. The Labute approximate surface area is 135 Å². The number of H-pyrrole nitrogens is 1. The summed E-state index contributed by atoms with van der Waals surface area (Å²) in [4.78, 5) is 13.9. The molecule has 24 heavy (non-hydrogen) atoms. The maximum atomic E-state index is 14.3. The molecular weight excluding hydrogens is 319 g/mol. The summed E-state index contributed by atoms with van der Waals surface area (Å²) in [5.74, 6) is -3.31. The zero-order valence-electron chi connectivity index (χ0n) is 12.7. The molecular formula is C18H14F3NO2. The molecule has 0 aliphatic rings. The molecule has 3 nitrogen and oxygen atoms in total. The van der Waals surface area contributed by atoms with E-state index in [1.54, 1.807) is 6.92 Å². The summed E-state index contributed by atoms with van der Waals surface area (Å²) in [5.41, 5.74) is 1.26. The van der Waals surface area contributed by atoms with Crippen LogP contribution < -0.4 is 0 Å². The maximum Gasteiger partial charge on any atom is 0.303 e. The number of halogens is 3. The van der Waals surface area contributed by atoms with Gasteiger partial charge in [0.1, 0.15) is 17.5 Å². The van der Waals surface area contributed by atoms with Gasteiger partial charge in [-0.2, -0.15) is 0 Å². The second-order valence-electron chi connectivity index (χ2n) is 5.70. The van der Waals surface area contributed by atoms with Crippen molar-refractivity contribution in [1.82, 2.24) is 4.98 Å². The van der Waals surface area contributed by atoms with Gasteiger partial charge in [0.15, 0.2) is 0 Å². The Morgan fingerprint density at radius 1 is 1.08 bits per heavy atom. The van der Waals surface area contributed by atoms with Crippen molar-refractivity contribution in [2.24, 2.45) is 0 Å². The molecule has 0 amide bonds. The third-order valence-corrected chi connectivity index (χ3v) is 4.00. The number of carboxylic acid groups (broad SMARTS) is 1. The first kappa shape index (κ1) is 16.1. The number of aliphatic carboxylic acids is 1. The molecule has 1 aromatic heterocycles.